The monoisotopic (exact) mass is 837 g/mol. The van der Waals surface area contributed by atoms with E-state index in [0.717, 1.165) is 30.6 Å². The molecule has 13 nitrogen and oxygen atoms in total. The van der Waals surface area contributed by atoms with Gasteiger partial charge in [0.25, 0.3) is 11.8 Å². The molecule has 2 heterocycles. The number of amides is 5. The van der Waals surface area contributed by atoms with Crippen LogP contribution in [0.1, 0.15) is 112 Å². The summed E-state index contributed by atoms with van der Waals surface area (Å²) >= 11 is 0. The molecule has 1 aromatic heterocycles. The molecule has 1 saturated heterocycles. The highest BCUT2D eigenvalue weighted by Crippen LogP contribution is 2.42. The molecule has 19 heteroatoms. The first-order chi connectivity index (χ1) is 27.5. The van der Waals surface area contributed by atoms with Crippen molar-refractivity contribution in [1.29, 1.82) is 0 Å². The number of benzene rings is 1. The predicted octanol–water partition coefficient (Wildman–Crippen LogP) is 4.70. The number of rotatable bonds is 13. The zero-order chi connectivity index (χ0) is 43.4. The summed E-state index contributed by atoms with van der Waals surface area (Å²) in [6.45, 7) is 3.80. The van der Waals surface area contributed by atoms with Crippen molar-refractivity contribution in [1.82, 2.24) is 30.8 Å². The number of nitrogens with one attached hydrogen (secondary N) is 3. The summed E-state index contributed by atoms with van der Waals surface area (Å²) in [5.41, 5.74) is 0.357. The van der Waals surface area contributed by atoms with Crippen molar-refractivity contribution in [3.8, 4) is 0 Å². The van der Waals surface area contributed by atoms with Crippen molar-refractivity contribution < 1.29 is 55.1 Å². The number of halogens is 6. The maximum Gasteiger partial charge on any atom is 0.416 e. The highest BCUT2D eigenvalue weighted by atomic mass is 19.4. The van der Waals surface area contributed by atoms with Gasteiger partial charge in [-0.2, -0.15) is 26.3 Å². The van der Waals surface area contributed by atoms with E-state index in [9.17, 15) is 55.1 Å². The molecule has 59 heavy (non-hydrogen) atoms. The van der Waals surface area contributed by atoms with Gasteiger partial charge in [0.1, 0.15) is 17.8 Å². The van der Waals surface area contributed by atoms with E-state index in [4.69, 9.17) is 5.73 Å². The van der Waals surface area contributed by atoms with Gasteiger partial charge in [-0.1, -0.05) is 59.3 Å². The van der Waals surface area contributed by atoms with Gasteiger partial charge in [-0.15, -0.1) is 0 Å². The molecule has 2 saturated carbocycles. The van der Waals surface area contributed by atoms with Gasteiger partial charge in [-0.25, -0.2) is 4.98 Å². The molecule has 1 aromatic carbocycles. The lowest BCUT2D eigenvalue weighted by Gasteiger charge is -2.36. The third kappa shape index (κ3) is 11.1. The lowest BCUT2D eigenvalue weighted by Crippen LogP contribution is -2.60. The number of primary amides is 1. The molecule has 3 fully saturated rings. The van der Waals surface area contributed by atoms with Crippen LogP contribution in [0.25, 0.3) is 0 Å². The number of carbonyl (C=O) groups excluding carboxylic acids is 6. The Bertz CT molecular complexity index is 1860. The number of likely N-dealkylation sites (tertiary alicyclic amines) is 1. The number of nitrogens with zero attached hydrogens (tertiary/aromatic N) is 3. The van der Waals surface area contributed by atoms with Crippen molar-refractivity contribution in [3.05, 3.63) is 59.2 Å². The Balaban J connectivity index is 1.49. The van der Waals surface area contributed by atoms with Crippen LogP contribution in [0.3, 0.4) is 0 Å². The zero-order valence-corrected chi connectivity index (χ0v) is 32.9. The Kier molecular flexibility index (Phi) is 13.7. The molecule has 1 unspecified atom stereocenters. The summed E-state index contributed by atoms with van der Waals surface area (Å²) in [4.78, 5) is 89.9. The van der Waals surface area contributed by atoms with Gasteiger partial charge < -0.3 is 26.6 Å². The Morgan fingerprint density at radius 3 is 1.95 bits per heavy atom. The molecule has 0 spiro atoms. The Labute approximate surface area is 337 Å². The fourth-order valence-electron chi connectivity index (χ4n) is 8.08. The molecular weight excluding hydrogens is 788 g/mol. The maximum absolute atomic E-state index is 14.6. The molecule has 5 atom stereocenters. The van der Waals surface area contributed by atoms with Crippen molar-refractivity contribution in [2.75, 3.05) is 13.1 Å². The van der Waals surface area contributed by atoms with Crippen LogP contribution in [-0.2, 0) is 36.3 Å². The topological polar surface area (TPSA) is 194 Å². The normalized spacial score (nSPS) is 20.8. The summed E-state index contributed by atoms with van der Waals surface area (Å²) in [6.07, 6.45) is -0.589. The summed E-state index contributed by atoms with van der Waals surface area (Å²) in [6, 6.07) is -2.97. The Hall–Kier alpha value is -5.10. The number of carbonyl (C=O) groups is 6. The largest absolute Gasteiger partial charge is 0.416 e. The van der Waals surface area contributed by atoms with E-state index < -0.39 is 113 Å². The number of aromatic nitrogens is 2. The molecule has 1 aliphatic heterocycles. The first-order valence-corrected chi connectivity index (χ1v) is 19.6. The molecule has 5 amide bonds. The molecule has 322 valence electrons. The predicted molar refractivity (Wildman–Crippen MR) is 199 cm³/mol. The Morgan fingerprint density at radius 2 is 1.44 bits per heavy atom. The maximum atomic E-state index is 14.6. The molecule has 0 bridgehead atoms. The van der Waals surface area contributed by atoms with Crippen LogP contribution >= 0.6 is 0 Å². The van der Waals surface area contributed by atoms with Gasteiger partial charge in [-0.3, -0.25) is 33.8 Å². The van der Waals surface area contributed by atoms with E-state index in [1.165, 1.54) is 18.6 Å². The molecule has 2 aromatic rings. The molecule has 5 N–H and O–H groups in total. The number of ketones is 1. The van der Waals surface area contributed by atoms with Crippen LogP contribution < -0.4 is 21.7 Å². The van der Waals surface area contributed by atoms with Gasteiger partial charge in [0.15, 0.2) is 0 Å². The minimum atomic E-state index is -5.22. The standard InChI is InChI=1S/C40H49F6N7O6/c1-38(2,3)32(52-36(58)30(22-10-5-4-6-11-22)51-35(57)29-18-48-12-13-49-29)37(59)53-19-26(23-15-24(39(41,42)43)17-25(16-23)40(44,45)46)27(20-53)34(56)50-28(31(54)33(47)55)14-21-8-7-9-21/h12-13,15-18,21-22,26-28,30,32H,4-11,14,19-20H2,1-3H3,(H2,47,55)(H,50,56)(H,51,57)(H,52,58)/t26?,27-,28-,30-,32+/m0/s1. The minimum Gasteiger partial charge on any atom is -0.363 e. The third-order valence-electron chi connectivity index (χ3n) is 11.6. The fraction of sp³-hybridized carbons (Fsp3) is 0.600. The van der Waals surface area contributed by atoms with Gasteiger partial charge in [0.2, 0.25) is 23.5 Å². The molecule has 2 aliphatic carbocycles. The summed E-state index contributed by atoms with van der Waals surface area (Å²) in [7, 11) is 0. The number of alkyl halides is 6. The second-order valence-corrected chi connectivity index (χ2v) is 16.9. The molecule has 0 radical (unpaired) electrons. The zero-order valence-electron chi connectivity index (χ0n) is 32.9. The fourth-order valence-corrected chi connectivity index (χ4v) is 8.08. The molecular formula is C40H49F6N7O6. The van der Waals surface area contributed by atoms with Gasteiger partial charge in [0, 0.05) is 31.4 Å². The van der Waals surface area contributed by atoms with E-state index in [0.29, 0.717) is 37.8 Å². The van der Waals surface area contributed by atoms with Gasteiger partial charge in [-0.05, 0) is 60.3 Å². The van der Waals surface area contributed by atoms with Crippen molar-refractivity contribution in [3.63, 3.8) is 0 Å². The Morgan fingerprint density at radius 1 is 0.814 bits per heavy atom. The molecule has 3 aliphatic rings. The average Bonchev–Trinajstić information content (AvgIpc) is 3.61. The van der Waals surface area contributed by atoms with Gasteiger partial charge in [0.05, 0.1) is 29.3 Å². The lowest BCUT2D eigenvalue weighted by molar-refractivity contribution is -0.143. The van der Waals surface area contributed by atoms with Crippen LogP contribution in [0.2, 0.25) is 0 Å². The second kappa shape index (κ2) is 18.0. The van der Waals surface area contributed by atoms with E-state index in [1.54, 1.807) is 20.8 Å². The number of nitrogens with two attached hydrogens (primary N) is 1. The third-order valence-corrected chi connectivity index (χ3v) is 11.6. The average molecular weight is 838 g/mol. The lowest BCUT2D eigenvalue weighted by atomic mass is 9.79. The number of hydrogen-bond acceptors (Lipinski definition) is 8. The first kappa shape index (κ1) is 45.0. The summed E-state index contributed by atoms with van der Waals surface area (Å²) in [5.74, 6) is -8.97. The summed E-state index contributed by atoms with van der Waals surface area (Å²) in [5, 5.41) is 7.97. The van der Waals surface area contributed by atoms with Crippen molar-refractivity contribution in [2.45, 2.75) is 115 Å². The SMILES string of the molecule is CC(C)(C)[C@H](NC(=O)[C@@H](NC(=O)c1cnccn1)C1CCCCC1)C(=O)N1CC(c2cc(C(F)(F)F)cc(C(F)(F)F)c2)[C@@H](C(=O)N[C@@H](CC2CCC2)C(=O)C(N)=O)C1. The summed E-state index contributed by atoms with van der Waals surface area (Å²) < 4.78 is 84.3. The van der Waals surface area contributed by atoms with E-state index in [1.807, 2.05) is 0 Å². The second-order valence-electron chi connectivity index (χ2n) is 16.9. The molecule has 5 rings (SSSR count). The number of hydrogen-bond donors (Lipinski definition) is 4. The highest BCUT2D eigenvalue weighted by Gasteiger charge is 2.48. The smallest absolute Gasteiger partial charge is 0.363 e. The van der Waals surface area contributed by atoms with Gasteiger partial charge >= 0.3 is 12.4 Å². The quantitative estimate of drug-likeness (QED) is 0.165. The van der Waals surface area contributed by atoms with E-state index in [2.05, 4.69) is 25.9 Å². The number of Topliss-reactive ketones (excluding diaryl/α,β-unsaturated/α-hetero) is 1. The highest BCUT2D eigenvalue weighted by molar-refractivity contribution is 6.37. The first-order valence-electron chi connectivity index (χ1n) is 19.6. The van der Waals surface area contributed by atoms with Crippen LogP contribution in [0, 0.1) is 23.2 Å². The van der Waals surface area contributed by atoms with Crippen molar-refractivity contribution in [2.24, 2.45) is 28.9 Å². The van der Waals surface area contributed by atoms with E-state index in [-0.39, 0.29) is 30.0 Å². The van der Waals surface area contributed by atoms with E-state index >= 15 is 0 Å². The van der Waals surface area contributed by atoms with Crippen molar-refractivity contribution >= 4 is 35.3 Å². The minimum absolute atomic E-state index is 0.0308. The van der Waals surface area contributed by atoms with Crippen LogP contribution in [-0.4, -0.2) is 81.4 Å². The van der Waals surface area contributed by atoms with Crippen LogP contribution in [0.4, 0.5) is 26.3 Å². The van der Waals surface area contributed by atoms with Crippen LogP contribution in [0.15, 0.2) is 36.8 Å². The van der Waals surface area contributed by atoms with Crippen LogP contribution in [0.5, 0.6) is 0 Å².